The molecule has 0 rings (SSSR count). The van der Waals surface area contributed by atoms with Gasteiger partial charge in [-0.3, -0.25) is 14.5 Å². The van der Waals surface area contributed by atoms with Crippen molar-refractivity contribution in [2.45, 2.75) is 6.92 Å². The van der Waals surface area contributed by atoms with E-state index in [2.05, 4.69) is 5.32 Å². The molecule has 0 aliphatic heterocycles. The second-order valence-electron chi connectivity index (χ2n) is 2.52. The van der Waals surface area contributed by atoms with E-state index in [4.69, 9.17) is 5.11 Å². The summed E-state index contributed by atoms with van der Waals surface area (Å²) in [7, 11) is 1.59. The zero-order chi connectivity index (χ0) is 9.56. The lowest BCUT2D eigenvalue weighted by atomic mass is 10.5. The lowest BCUT2D eigenvalue weighted by Gasteiger charge is -2.12. The normalized spacial score (nSPS) is 9.92. The maximum Gasteiger partial charge on any atom is 0.317 e. The van der Waals surface area contributed by atoms with E-state index >= 15 is 0 Å². The van der Waals surface area contributed by atoms with Crippen LogP contribution in [0.15, 0.2) is 0 Å². The van der Waals surface area contributed by atoms with Crippen LogP contribution in [0.3, 0.4) is 0 Å². The van der Waals surface area contributed by atoms with Crippen molar-refractivity contribution in [1.29, 1.82) is 0 Å². The van der Waals surface area contributed by atoms with Crippen LogP contribution in [0.4, 0.5) is 0 Å². The number of carboxylic acid groups (broad SMARTS) is 1. The third kappa shape index (κ3) is 5.67. The molecule has 0 aromatic heterocycles. The minimum atomic E-state index is -0.929. The first-order valence-electron chi connectivity index (χ1n) is 3.73. The number of carbonyl (C=O) groups excluding carboxylic acids is 1. The Morgan fingerprint density at radius 3 is 2.42 bits per heavy atom. The maximum absolute atomic E-state index is 10.9. The van der Waals surface area contributed by atoms with Crippen molar-refractivity contribution in [2.75, 3.05) is 26.7 Å². The largest absolute Gasteiger partial charge is 0.480 e. The van der Waals surface area contributed by atoms with E-state index in [1.807, 2.05) is 6.92 Å². The summed E-state index contributed by atoms with van der Waals surface area (Å²) >= 11 is 0. The van der Waals surface area contributed by atoms with Gasteiger partial charge in [0.1, 0.15) is 0 Å². The van der Waals surface area contributed by atoms with E-state index in [-0.39, 0.29) is 19.0 Å². The number of rotatable bonds is 5. The van der Waals surface area contributed by atoms with E-state index in [9.17, 15) is 9.59 Å². The van der Waals surface area contributed by atoms with Crippen LogP contribution in [-0.2, 0) is 9.59 Å². The van der Waals surface area contributed by atoms with Gasteiger partial charge in [0.15, 0.2) is 0 Å². The van der Waals surface area contributed by atoms with Crippen molar-refractivity contribution < 1.29 is 14.7 Å². The first-order valence-corrected chi connectivity index (χ1v) is 3.73. The van der Waals surface area contributed by atoms with Gasteiger partial charge in [-0.25, -0.2) is 0 Å². The highest BCUT2D eigenvalue weighted by Gasteiger charge is 2.07. The third-order valence-corrected chi connectivity index (χ3v) is 1.19. The van der Waals surface area contributed by atoms with Gasteiger partial charge in [0.25, 0.3) is 0 Å². The van der Waals surface area contributed by atoms with Crippen LogP contribution in [-0.4, -0.2) is 48.6 Å². The standard InChI is InChI=1S/C7H14N2O3/c1-3-8-6(10)4-9(2)5-7(11)12/h3-5H2,1-2H3,(H,8,10)(H,11,12). The molecule has 0 aliphatic carbocycles. The molecule has 0 aliphatic rings. The third-order valence-electron chi connectivity index (χ3n) is 1.19. The summed E-state index contributed by atoms with van der Waals surface area (Å²) in [6, 6.07) is 0. The average Bonchev–Trinajstić information content (AvgIpc) is 1.84. The van der Waals surface area contributed by atoms with Gasteiger partial charge in [-0.05, 0) is 14.0 Å². The highest BCUT2D eigenvalue weighted by molar-refractivity contribution is 5.78. The fourth-order valence-electron chi connectivity index (χ4n) is 0.785. The average molecular weight is 174 g/mol. The summed E-state index contributed by atoms with van der Waals surface area (Å²) < 4.78 is 0. The SMILES string of the molecule is CCNC(=O)CN(C)CC(=O)O. The molecule has 0 bridgehead atoms. The van der Waals surface area contributed by atoms with Crippen molar-refractivity contribution in [3.63, 3.8) is 0 Å². The maximum atomic E-state index is 10.9. The molecule has 1 amide bonds. The second-order valence-corrected chi connectivity index (χ2v) is 2.52. The number of aliphatic carboxylic acids is 1. The summed E-state index contributed by atoms with van der Waals surface area (Å²) in [6.45, 7) is 2.39. The summed E-state index contributed by atoms with van der Waals surface area (Å²) in [4.78, 5) is 22.5. The van der Waals surface area contributed by atoms with Gasteiger partial charge in [-0.15, -0.1) is 0 Å². The number of hydrogen-bond donors (Lipinski definition) is 2. The fourth-order valence-corrected chi connectivity index (χ4v) is 0.785. The zero-order valence-corrected chi connectivity index (χ0v) is 7.33. The molecule has 5 heteroatoms. The first kappa shape index (κ1) is 10.9. The van der Waals surface area contributed by atoms with Gasteiger partial charge in [0.05, 0.1) is 13.1 Å². The Morgan fingerprint density at radius 1 is 1.42 bits per heavy atom. The minimum Gasteiger partial charge on any atom is -0.480 e. The predicted octanol–water partition coefficient (Wildman–Crippen LogP) is -0.861. The Hall–Kier alpha value is -1.10. The van der Waals surface area contributed by atoms with E-state index in [0.29, 0.717) is 6.54 Å². The molecule has 0 radical (unpaired) electrons. The monoisotopic (exact) mass is 174 g/mol. The molecule has 0 fully saturated rings. The molecule has 0 saturated heterocycles. The van der Waals surface area contributed by atoms with Gasteiger partial charge >= 0.3 is 5.97 Å². The number of carbonyl (C=O) groups is 2. The minimum absolute atomic E-state index is 0.114. The lowest BCUT2D eigenvalue weighted by Crippen LogP contribution is -2.37. The molecule has 0 spiro atoms. The van der Waals surface area contributed by atoms with Gasteiger partial charge in [-0.2, -0.15) is 0 Å². The van der Waals surface area contributed by atoms with Crippen molar-refractivity contribution >= 4 is 11.9 Å². The topological polar surface area (TPSA) is 69.6 Å². The molecule has 0 aromatic carbocycles. The van der Waals surface area contributed by atoms with Crippen LogP contribution in [0.5, 0.6) is 0 Å². The Balaban J connectivity index is 3.61. The Labute approximate surface area is 71.4 Å². The summed E-state index contributed by atoms with van der Waals surface area (Å²) in [6.07, 6.45) is 0. The molecular formula is C7H14N2O3. The summed E-state index contributed by atoms with van der Waals surface area (Å²) in [5.41, 5.74) is 0. The molecule has 0 saturated carbocycles. The molecular weight excluding hydrogens is 160 g/mol. The Kier molecular flexibility index (Phi) is 5.03. The van der Waals surface area contributed by atoms with E-state index in [1.54, 1.807) is 7.05 Å². The van der Waals surface area contributed by atoms with Crippen LogP contribution in [0.25, 0.3) is 0 Å². The van der Waals surface area contributed by atoms with Crippen molar-refractivity contribution in [1.82, 2.24) is 10.2 Å². The van der Waals surface area contributed by atoms with E-state index in [1.165, 1.54) is 4.90 Å². The smallest absolute Gasteiger partial charge is 0.317 e. The van der Waals surface area contributed by atoms with Gasteiger partial charge in [0, 0.05) is 6.54 Å². The number of nitrogens with zero attached hydrogens (tertiary/aromatic N) is 1. The van der Waals surface area contributed by atoms with Crippen LogP contribution < -0.4 is 5.32 Å². The fraction of sp³-hybridized carbons (Fsp3) is 0.714. The molecule has 5 nitrogen and oxygen atoms in total. The molecule has 70 valence electrons. The quantitative estimate of drug-likeness (QED) is 0.569. The van der Waals surface area contributed by atoms with Crippen LogP contribution in [0.2, 0.25) is 0 Å². The Bertz CT molecular complexity index is 170. The molecule has 0 atom stereocenters. The van der Waals surface area contributed by atoms with Gasteiger partial charge in [-0.1, -0.05) is 0 Å². The molecule has 0 aromatic rings. The number of carboxylic acids is 1. The number of nitrogens with one attached hydrogen (secondary N) is 1. The van der Waals surface area contributed by atoms with Crippen molar-refractivity contribution in [3.05, 3.63) is 0 Å². The molecule has 2 N–H and O–H groups in total. The van der Waals surface area contributed by atoms with E-state index < -0.39 is 5.97 Å². The zero-order valence-electron chi connectivity index (χ0n) is 7.33. The highest BCUT2D eigenvalue weighted by Crippen LogP contribution is 1.81. The van der Waals surface area contributed by atoms with E-state index in [0.717, 1.165) is 0 Å². The predicted molar refractivity (Wildman–Crippen MR) is 43.8 cm³/mol. The highest BCUT2D eigenvalue weighted by atomic mass is 16.4. The van der Waals surface area contributed by atoms with Gasteiger partial charge < -0.3 is 10.4 Å². The molecule has 0 unspecified atom stereocenters. The Morgan fingerprint density at radius 2 is 2.00 bits per heavy atom. The molecule has 12 heavy (non-hydrogen) atoms. The van der Waals surface area contributed by atoms with Crippen LogP contribution in [0, 0.1) is 0 Å². The van der Waals surface area contributed by atoms with Crippen LogP contribution in [0.1, 0.15) is 6.92 Å². The summed E-state index contributed by atoms with van der Waals surface area (Å²) in [5.74, 6) is -1.08. The molecule has 0 heterocycles. The number of hydrogen-bond acceptors (Lipinski definition) is 3. The van der Waals surface area contributed by atoms with Crippen molar-refractivity contribution in [3.8, 4) is 0 Å². The number of amides is 1. The lowest BCUT2D eigenvalue weighted by molar-refractivity contribution is -0.138. The summed E-state index contributed by atoms with van der Waals surface area (Å²) in [5, 5.41) is 10.9. The van der Waals surface area contributed by atoms with Crippen molar-refractivity contribution in [2.24, 2.45) is 0 Å². The van der Waals surface area contributed by atoms with Crippen LogP contribution >= 0.6 is 0 Å². The number of likely N-dealkylation sites (N-methyl/N-ethyl adjacent to an activating group) is 2. The van der Waals surface area contributed by atoms with Gasteiger partial charge in [0.2, 0.25) is 5.91 Å². The first-order chi connectivity index (χ1) is 5.56. The second kappa shape index (κ2) is 5.54.